The molecule has 6 heteroatoms. The van der Waals surface area contributed by atoms with Crippen LogP contribution in [0.2, 0.25) is 5.02 Å². The predicted molar refractivity (Wildman–Crippen MR) is 57.5 cm³/mol. The molecule has 1 rings (SSSR count). The fourth-order valence-corrected chi connectivity index (χ4v) is 1.25. The average molecular weight is 265 g/mol. The smallest absolute Gasteiger partial charge is 0.416 e. The molecular weight excluding hydrogens is 257 g/mol. The van der Waals surface area contributed by atoms with E-state index in [1.165, 1.54) is 13.2 Å². The molecule has 0 atom stereocenters. The molecule has 0 aromatic heterocycles. The van der Waals surface area contributed by atoms with E-state index in [2.05, 4.69) is 4.74 Å². The highest BCUT2D eigenvalue weighted by molar-refractivity contribution is 6.32. The van der Waals surface area contributed by atoms with E-state index in [4.69, 9.17) is 11.6 Å². The van der Waals surface area contributed by atoms with E-state index in [-0.39, 0.29) is 10.6 Å². The van der Waals surface area contributed by atoms with E-state index >= 15 is 0 Å². The molecule has 0 aliphatic heterocycles. The lowest BCUT2D eigenvalue weighted by Crippen LogP contribution is -2.04. The predicted octanol–water partition coefficient (Wildman–Crippen LogP) is 3.55. The van der Waals surface area contributed by atoms with Crippen molar-refractivity contribution >= 4 is 23.6 Å². The standard InChI is InChI=1S/C11H8ClF3O2/c1-17-10(16)5-2-7-6-8(11(13,14)15)3-4-9(7)12/h2-6H,1H3. The van der Waals surface area contributed by atoms with Crippen molar-refractivity contribution in [2.75, 3.05) is 7.11 Å². The fourth-order valence-electron chi connectivity index (χ4n) is 1.07. The van der Waals surface area contributed by atoms with Gasteiger partial charge in [0.2, 0.25) is 0 Å². The number of alkyl halides is 3. The molecule has 0 aliphatic rings. The molecule has 0 spiro atoms. The summed E-state index contributed by atoms with van der Waals surface area (Å²) in [4.78, 5) is 10.8. The lowest BCUT2D eigenvalue weighted by molar-refractivity contribution is -0.137. The Bertz CT molecular complexity index is 453. The lowest BCUT2D eigenvalue weighted by Gasteiger charge is -2.08. The summed E-state index contributed by atoms with van der Waals surface area (Å²) in [6.07, 6.45) is -2.27. The molecule has 17 heavy (non-hydrogen) atoms. The molecule has 0 unspecified atom stereocenters. The Labute approximate surface area is 101 Å². The van der Waals surface area contributed by atoms with Gasteiger partial charge in [-0.2, -0.15) is 13.2 Å². The minimum atomic E-state index is -4.45. The van der Waals surface area contributed by atoms with Gasteiger partial charge in [-0.05, 0) is 29.8 Å². The normalized spacial score (nSPS) is 11.8. The zero-order chi connectivity index (χ0) is 13.1. The van der Waals surface area contributed by atoms with Gasteiger partial charge >= 0.3 is 12.1 Å². The third kappa shape index (κ3) is 3.78. The Balaban J connectivity index is 3.07. The summed E-state index contributed by atoms with van der Waals surface area (Å²) in [5, 5.41) is 0.123. The maximum absolute atomic E-state index is 12.4. The molecule has 0 radical (unpaired) electrons. The molecule has 1 aromatic rings. The first-order valence-electron chi connectivity index (χ1n) is 4.47. The van der Waals surface area contributed by atoms with Crippen LogP contribution in [-0.4, -0.2) is 13.1 Å². The van der Waals surface area contributed by atoms with Crippen molar-refractivity contribution in [2.24, 2.45) is 0 Å². The number of ether oxygens (including phenoxy) is 1. The van der Waals surface area contributed by atoms with Gasteiger partial charge in [0.15, 0.2) is 0 Å². The van der Waals surface area contributed by atoms with Gasteiger partial charge in [-0.3, -0.25) is 0 Å². The van der Waals surface area contributed by atoms with E-state index in [9.17, 15) is 18.0 Å². The zero-order valence-corrected chi connectivity index (χ0v) is 9.47. The van der Waals surface area contributed by atoms with Crippen LogP contribution in [0.4, 0.5) is 13.2 Å². The molecule has 0 fully saturated rings. The molecule has 1 aromatic carbocycles. The van der Waals surface area contributed by atoms with E-state index in [1.807, 2.05) is 0 Å². The Morgan fingerprint density at radius 2 is 2.06 bits per heavy atom. The van der Waals surface area contributed by atoms with Crippen molar-refractivity contribution < 1.29 is 22.7 Å². The van der Waals surface area contributed by atoms with Crippen LogP contribution in [0, 0.1) is 0 Å². The number of benzene rings is 1. The minimum Gasteiger partial charge on any atom is -0.466 e. The Hall–Kier alpha value is -1.49. The van der Waals surface area contributed by atoms with Crippen LogP contribution in [0.25, 0.3) is 6.08 Å². The van der Waals surface area contributed by atoms with Crippen molar-refractivity contribution in [3.8, 4) is 0 Å². The molecule has 2 nitrogen and oxygen atoms in total. The molecule has 92 valence electrons. The van der Waals surface area contributed by atoms with Crippen molar-refractivity contribution in [1.29, 1.82) is 0 Å². The first-order chi connectivity index (χ1) is 7.84. The second kappa shape index (κ2) is 5.23. The molecule has 0 N–H and O–H groups in total. The number of esters is 1. The van der Waals surface area contributed by atoms with Gasteiger partial charge in [0.25, 0.3) is 0 Å². The Morgan fingerprint density at radius 3 is 2.59 bits per heavy atom. The number of halogens is 4. The van der Waals surface area contributed by atoms with Crippen molar-refractivity contribution in [2.45, 2.75) is 6.18 Å². The maximum Gasteiger partial charge on any atom is 0.416 e. The monoisotopic (exact) mass is 264 g/mol. The molecule has 0 heterocycles. The number of hydrogen-bond donors (Lipinski definition) is 0. The summed E-state index contributed by atoms with van der Waals surface area (Å²) in [6, 6.07) is 2.86. The molecule has 0 aliphatic carbocycles. The molecule has 0 saturated carbocycles. The number of hydrogen-bond acceptors (Lipinski definition) is 2. The van der Waals surface area contributed by atoms with Crippen molar-refractivity contribution in [3.05, 3.63) is 40.4 Å². The number of rotatable bonds is 2. The Morgan fingerprint density at radius 1 is 1.41 bits per heavy atom. The van der Waals surface area contributed by atoms with Crippen LogP contribution in [0.15, 0.2) is 24.3 Å². The lowest BCUT2D eigenvalue weighted by atomic mass is 10.1. The third-order valence-corrected chi connectivity index (χ3v) is 2.27. The van der Waals surface area contributed by atoms with Crippen LogP contribution in [-0.2, 0) is 15.7 Å². The van der Waals surface area contributed by atoms with Gasteiger partial charge in [-0.25, -0.2) is 4.79 Å². The minimum absolute atomic E-state index is 0.104. The largest absolute Gasteiger partial charge is 0.466 e. The van der Waals surface area contributed by atoms with Crippen LogP contribution in [0.3, 0.4) is 0 Å². The summed E-state index contributed by atoms with van der Waals surface area (Å²) in [5.41, 5.74) is -0.724. The van der Waals surface area contributed by atoms with Crippen LogP contribution < -0.4 is 0 Å². The topological polar surface area (TPSA) is 26.3 Å². The van der Waals surface area contributed by atoms with Crippen LogP contribution in [0.5, 0.6) is 0 Å². The summed E-state index contributed by atoms with van der Waals surface area (Å²) < 4.78 is 41.5. The van der Waals surface area contributed by atoms with Gasteiger partial charge in [-0.1, -0.05) is 11.6 Å². The first kappa shape index (κ1) is 13.6. The summed E-state index contributed by atoms with van der Waals surface area (Å²) in [7, 11) is 1.17. The first-order valence-corrected chi connectivity index (χ1v) is 4.85. The summed E-state index contributed by atoms with van der Waals surface area (Å²) >= 11 is 5.70. The van der Waals surface area contributed by atoms with E-state index in [0.717, 1.165) is 24.3 Å². The van der Waals surface area contributed by atoms with Crippen LogP contribution in [0.1, 0.15) is 11.1 Å². The van der Waals surface area contributed by atoms with E-state index in [1.54, 1.807) is 0 Å². The number of carbonyl (C=O) groups excluding carboxylic acids is 1. The summed E-state index contributed by atoms with van der Waals surface area (Å²) in [6.45, 7) is 0. The van der Waals surface area contributed by atoms with Crippen molar-refractivity contribution in [3.63, 3.8) is 0 Å². The summed E-state index contributed by atoms with van der Waals surface area (Å²) in [5.74, 6) is -0.668. The second-order valence-corrected chi connectivity index (χ2v) is 3.50. The SMILES string of the molecule is COC(=O)C=Cc1cc(C(F)(F)F)ccc1Cl. The highest BCUT2D eigenvalue weighted by atomic mass is 35.5. The third-order valence-electron chi connectivity index (χ3n) is 1.92. The Kier molecular flexibility index (Phi) is 4.17. The van der Waals surface area contributed by atoms with E-state index in [0.29, 0.717) is 0 Å². The van der Waals surface area contributed by atoms with Gasteiger partial charge in [-0.15, -0.1) is 0 Å². The fraction of sp³-hybridized carbons (Fsp3) is 0.182. The maximum atomic E-state index is 12.4. The van der Waals surface area contributed by atoms with Crippen molar-refractivity contribution in [1.82, 2.24) is 0 Å². The van der Waals surface area contributed by atoms with Gasteiger partial charge < -0.3 is 4.74 Å². The van der Waals surface area contributed by atoms with Crippen LogP contribution >= 0.6 is 11.6 Å². The molecular formula is C11H8ClF3O2. The highest BCUT2D eigenvalue weighted by Crippen LogP contribution is 2.32. The molecule has 0 bridgehead atoms. The second-order valence-electron chi connectivity index (χ2n) is 3.09. The highest BCUT2D eigenvalue weighted by Gasteiger charge is 2.30. The number of carbonyl (C=O) groups is 1. The quantitative estimate of drug-likeness (QED) is 0.603. The van der Waals surface area contributed by atoms with Gasteiger partial charge in [0.1, 0.15) is 0 Å². The van der Waals surface area contributed by atoms with Gasteiger partial charge in [0.05, 0.1) is 12.7 Å². The molecule has 0 amide bonds. The zero-order valence-electron chi connectivity index (χ0n) is 8.72. The average Bonchev–Trinajstić information content (AvgIpc) is 2.26. The molecule has 0 saturated heterocycles. The van der Waals surface area contributed by atoms with E-state index < -0.39 is 17.7 Å². The van der Waals surface area contributed by atoms with Gasteiger partial charge in [0, 0.05) is 11.1 Å². The number of methoxy groups -OCH3 is 1.